The van der Waals surface area contributed by atoms with E-state index in [9.17, 15) is 5.11 Å². The van der Waals surface area contributed by atoms with Crippen LogP contribution in [0.1, 0.15) is 30.0 Å². The third-order valence-electron chi connectivity index (χ3n) is 4.78. The molecule has 25 heavy (non-hydrogen) atoms. The van der Waals surface area contributed by atoms with Crippen molar-refractivity contribution in [1.29, 1.82) is 0 Å². The summed E-state index contributed by atoms with van der Waals surface area (Å²) < 4.78 is 0. The first-order chi connectivity index (χ1) is 11.2. The highest BCUT2D eigenvalue weighted by Gasteiger charge is 2.29. The average Bonchev–Trinajstić information content (AvgIpc) is 3.04. The molecule has 3 atom stereocenters. The fourth-order valence-corrected chi connectivity index (χ4v) is 3.50. The number of halogens is 2. The van der Waals surface area contributed by atoms with E-state index < -0.39 is 6.10 Å². The second-order valence-corrected chi connectivity index (χ2v) is 6.48. The zero-order chi connectivity index (χ0) is 16.1. The third-order valence-corrected chi connectivity index (χ3v) is 4.78. The van der Waals surface area contributed by atoms with Gasteiger partial charge in [-0.15, -0.1) is 24.8 Å². The number of likely N-dealkylation sites (tertiary alicyclic amines) is 1. The summed E-state index contributed by atoms with van der Waals surface area (Å²) in [6.07, 6.45) is 2.55. The van der Waals surface area contributed by atoms with Gasteiger partial charge in [-0.2, -0.15) is 0 Å². The molecule has 2 aromatic carbocycles. The van der Waals surface area contributed by atoms with E-state index in [1.807, 2.05) is 24.3 Å². The summed E-state index contributed by atoms with van der Waals surface area (Å²) in [7, 11) is 0. The highest BCUT2D eigenvalue weighted by atomic mass is 35.5. The largest absolute Gasteiger partial charge is 0.390 e. The molecule has 3 rings (SSSR count). The van der Waals surface area contributed by atoms with Crippen LogP contribution in [-0.2, 0) is 6.42 Å². The molecule has 0 saturated carbocycles. The quantitative estimate of drug-likeness (QED) is 0.802. The number of aliphatic hydroxyl groups is 1. The number of nitrogens with zero attached hydrogens (tertiary/aromatic N) is 1. The van der Waals surface area contributed by atoms with Gasteiger partial charge >= 0.3 is 0 Å². The molecular formula is C20H28Cl2N2O. The lowest BCUT2D eigenvalue weighted by Gasteiger charge is -2.29. The summed E-state index contributed by atoms with van der Waals surface area (Å²) in [6.45, 7) is 1.68. The second-order valence-electron chi connectivity index (χ2n) is 6.48. The molecule has 138 valence electrons. The van der Waals surface area contributed by atoms with Crippen LogP contribution in [-0.4, -0.2) is 35.2 Å². The van der Waals surface area contributed by atoms with Crippen molar-refractivity contribution in [2.45, 2.75) is 37.5 Å². The van der Waals surface area contributed by atoms with E-state index in [0.717, 1.165) is 13.0 Å². The summed E-state index contributed by atoms with van der Waals surface area (Å²) >= 11 is 0. The SMILES string of the molecule is Cl.Cl.N[C@H](Cc1ccccc1)[C@@H](O)CN1CCC[C@@H]1c1ccccc1. The van der Waals surface area contributed by atoms with Crippen LogP contribution in [0.2, 0.25) is 0 Å². The molecule has 3 nitrogen and oxygen atoms in total. The van der Waals surface area contributed by atoms with Crippen LogP contribution in [0.4, 0.5) is 0 Å². The first-order valence-corrected chi connectivity index (χ1v) is 8.50. The maximum Gasteiger partial charge on any atom is 0.0821 e. The van der Waals surface area contributed by atoms with E-state index in [-0.39, 0.29) is 30.9 Å². The Hall–Kier alpha value is -1.10. The van der Waals surface area contributed by atoms with Crippen LogP contribution in [0.15, 0.2) is 60.7 Å². The molecule has 0 bridgehead atoms. The molecule has 3 N–H and O–H groups in total. The van der Waals surface area contributed by atoms with E-state index in [4.69, 9.17) is 5.73 Å². The third kappa shape index (κ3) is 5.98. The minimum Gasteiger partial charge on any atom is -0.390 e. The van der Waals surface area contributed by atoms with Gasteiger partial charge in [0.1, 0.15) is 0 Å². The number of nitrogens with two attached hydrogens (primary N) is 1. The van der Waals surface area contributed by atoms with Crippen molar-refractivity contribution >= 4 is 24.8 Å². The summed E-state index contributed by atoms with van der Waals surface area (Å²) in [4.78, 5) is 2.38. The molecule has 1 aliphatic rings. The van der Waals surface area contributed by atoms with Gasteiger partial charge in [-0.3, -0.25) is 4.90 Å². The highest BCUT2D eigenvalue weighted by molar-refractivity contribution is 5.85. The Kier molecular flexibility index (Phi) is 9.47. The molecule has 0 radical (unpaired) electrons. The van der Waals surface area contributed by atoms with Crippen LogP contribution < -0.4 is 5.73 Å². The molecule has 5 heteroatoms. The number of aliphatic hydroxyl groups excluding tert-OH is 1. The van der Waals surface area contributed by atoms with Crippen molar-refractivity contribution in [2.75, 3.05) is 13.1 Å². The standard InChI is InChI=1S/C20H26N2O.2ClH/c21-18(14-16-8-3-1-4-9-16)20(23)15-22-13-7-12-19(22)17-10-5-2-6-11-17;;/h1-6,8-11,18-20,23H,7,12-15,21H2;2*1H/t18-,19-,20+;;/m1../s1. The predicted octanol–water partition coefficient (Wildman–Crippen LogP) is 3.60. The molecule has 1 fully saturated rings. The molecule has 0 aliphatic carbocycles. The summed E-state index contributed by atoms with van der Waals surface area (Å²) in [5, 5.41) is 10.5. The molecule has 2 aromatic rings. The number of β-amino-alcohol motifs (C(OH)–C–C–N with tert-alkyl or cyclic N) is 1. The van der Waals surface area contributed by atoms with Crippen LogP contribution in [0.5, 0.6) is 0 Å². The number of hydrogen-bond donors (Lipinski definition) is 2. The molecule has 0 unspecified atom stereocenters. The van der Waals surface area contributed by atoms with Gasteiger partial charge in [-0.1, -0.05) is 60.7 Å². The van der Waals surface area contributed by atoms with E-state index in [1.54, 1.807) is 0 Å². The van der Waals surface area contributed by atoms with Crippen molar-refractivity contribution in [1.82, 2.24) is 4.90 Å². The van der Waals surface area contributed by atoms with Crippen molar-refractivity contribution in [3.63, 3.8) is 0 Å². The number of hydrogen-bond acceptors (Lipinski definition) is 3. The van der Waals surface area contributed by atoms with E-state index in [2.05, 4.69) is 41.3 Å². The van der Waals surface area contributed by atoms with Gasteiger partial charge in [0, 0.05) is 18.6 Å². The molecule has 0 aromatic heterocycles. The smallest absolute Gasteiger partial charge is 0.0821 e. The maximum absolute atomic E-state index is 10.5. The lowest BCUT2D eigenvalue weighted by Crippen LogP contribution is -2.44. The van der Waals surface area contributed by atoms with Crippen molar-refractivity contribution < 1.29 is 5.11 Å². The maximum atomic E-state index is 10.5. The van der Waals surface area contributed by atoms with Gasteiger partial charge in [-0.05, 0) is 36.9 Å². The van der Waals surface area contributed by atoms with E-state index in [0.29, 0.717) is 19.0 Å². The topological polar surface area (TPSA) is 49.5 Å². The summed E-state index contributed by atoms with van der Waals surface area (Å²) in [5.74, 6) is 0. The minimum absolute atomic E-state index is 0. The zero-order valence-electron chi connectivity index (χ0n) is 14.3. The van der Waals surface area contributed by atoms with Crippen molar-refractivity contribution in [3.05, 3.63) is 71.8 Å². The number of rotatable bonds is 6. The fourth-order valence-electron chi connectivity index (χ4n) is 3.50. The van der Waals surface area contributed by atoms with Crippen LogP contribution >= 0.6 is 24.8 Å². The average molecular weight is 383 g/mol. The normalized spacial score (nSPS) is 19.5. The van der Waals surface area contributed by atoms with E-state index >= 15 is 0 Å². The molecular weight excluding hydrogens is 355 g/mol. The lowest BCUT2D eigenvalue weighted by molar-refractivity contribution is 0.0851. The van der Waals surface area contributed by atoms with Gasteiger partial charge in [-0.25, -0.2) is 0 Å². The Bertz CT molecular complexity index is 597. The fraction of sp³-hybridized carbons (Fsp3) is 0.400. The second kappa shape index (κ2) is 10.8. The van der Waals surface area contributed by atoms with Crippen molar-refractivity contribution in [3.8, 4) is 0 Å². The monoisotopic (exact) mass is 382 g/mol. The van der Waals surface area contributed by atoms with Crippen LogP contribution in [0.25, 0.3) is 0 Å². The number of benzene rings is 2. The Labute approximate surface area is 163 Å². The Morgan fingerprint density at radius 2 is 1.60 bits per heavy atom. The first kappa shape index (κ1) is 21.9. The molecule has 1 saturated heterocycles. The predicted molar refractivity (Wildman–Crippen MR) is 109 cm³/mol. The van der Waals surface area contributed by atoms with Gasteiger partial charge in [0.2, 0.25) is 0 Å². The first-order valence-electron chi connectivity index (χ1n) is 8.50. The van der Waals surface area contributed by atoms with Gasteiger partial charge in [0.05, 0.1) is 6.10 Å². The van der Waals surface area contributed by atoms with Gasteiger partial charge in [0.15, 0.2) is 0 Å². The van der Waals surface area contributed by atoms with Crippen LogP contribution in [0, 0.1) is 0 Å². The molecule has 0 amide bonds. The minimum atomic E-state index is -0.500. The lowest BCUT2D eigenvalue weighted by atomic mass is 10.0. The van der Waals surface area contributed by atoms with Crippen molar-refractivity contribution in [2.24, 2.45) is 5.73 Å². The Morgan fingerprint density at radius 3 is 2.24 bits per heavy atom. The molecule has 1 heterocycles. The Morgan fingerprint density at radius 1 is 1.00 bits per heavy atom. The summed E-state index contributed by atoms with van der Waals surface area (Å²) in [5.41, 5.74) is 8.76. The van der Waals surface area contributed by atoms with Gasteiger partial charge < -0.3 is 10.8 Å². The van der Waals surface area contributed by atoms with E-state index in [1.165, 1.54) is 17.5 Å². The summed E-state index contributed by atoms with van der Waals surface area (Å²) in [6, 6.07) is 20.9. The molecule has 1 aliphatic heterocycles. The highest BCUT2D eigenvalue weighted by Crippen LogP contribution is 2.31. The van der Waals surface area contributed by atoms with Gasteiger partial charge in [0.25, 0.3) is 0 Å². The Balaban J connectivity index is 0.00000156. The zero-order valence-corrected chi connectivity index (χ0v) is 16.0. The van der Waals surface area contributed by atoms with Crippen LogP contribution in [0.3, 0.4) is 0 Å². The molecule has 0 spiro atoms.